The summed E-state index contributed by atoms with van der Waals surface area (Å²) in [6, 6.07) is 24.9. The third kappa shape index (κ3) is 5.81. The maximum atomic E-state index is 12.5. The number of rotatable bonds is 10. The van der Waals surface area contributed by atoms with Gasteiger partial charge < -0.3 is 14.7 Å². The van der Waals surface area contributed by atoms with Crippen LogP contribution in [-0.4, -0.2) is 32.6 Å². The van der Waals surface area contributed by atoms with Crippen LogP contribution in [0.5, 0.6) is 5.75 Å². The SMILES string of the molecule is COc1ccc(N(c2ccc(N(Cc3ccccc3Cl)[C@@H](C)CC(=O)O)c3ccccc23)[SH](=O)=O)cc1. The molecule has 0 saturated heterocycles. The zero-order valence-electron chi connectivity index (χ0n) is 20.4. The maximum absolute atomic E-state index is 12.5. The molecule has 0 heterocycles. The van der Waals surface area contributed by atoms with E-state index in [2.05, 4.69) is 0 Å². The van der Waals surface area contributed by atoms with E-state index < -0.39 is 16.9 Å². The van der Waals surface area contributed by atoms with Gasteiger partial charge in [-0.05, 0) is 55.0 Å². The van der Waals surface area contributed by atoms with Gasteiger partial charge in [0.05, 0.1) is 24.9 Å². The highest BCUT2D eigenvalue weighted by Crippen LogP contribution is 2.39. The van der Waals surface area contributed by atoms with Gasteiger partial charge in [-0.25, -0.2) is 12.7 Å². The van der Waals surface area contributed by atoms with E-state index in [0.29, 0.717) is 34.1 Å². The lowest BCUT2D eigenvalue weighted by Gasteiger charge is -2.33. The minimum Gasteiger partial charge on any atom is -0.497 e. The molecular formula is C28H27ClN2O5S. The summed E-state index contributed by atoms with van der Waals surface area (Å²) < 4.78 is 31.4. The second-order valence-corrected chi connectivity index (χ2v) is 9.85. The van der Waals surface area contributed by atoms with Crippen LogP contribution >= 0.6 is 11.6 Å². The Morgan fingerprint density at radius 1 is 0.919 bits per heavy atom. The van der Waals surface area contributed by atoms with E-state index in [0.717, 1.165) is 16.6 Å². The third-order valence-corrected chi connectivity index (χ3v) is 7.34. The van der Waals surface area contributed by atoms with Crippen molar-refractivity contribution in [3.8, 4) is 5.75 Å². The standard InChI is InChI=1S/C28H27ClN2O5S/c1-19(17-28(32)33)30(18-20-7-3-6-10-25(20)29)26-15-16-27(24-9-5-4-8-23(24)26)31(37(34)35)21-11-13-22(36-2)14-12-21/h3-16,19,37H,17-18H2,1-2H3,(H,32,33)/t19-/m0/s1. The Kier molecular flexibility index (Phi) is 8.21. The van der Waals surface area contributed by atoms with Crippen LogP contribution in [0.3, 0.4) is 0 Å². The van der Waals surface area contributed by atoms with Gasteiger partial charge >= 0.3 is 5.97 Å². The van der Waals surface area contributed by atoms with Crippen LogP contribution in [0.1, 0.15) is 18.9 Å². The van der Waals surface area contributed by atoms with Crippen molar-refractivity contribution in [2.75, 3.05) is 16.3 Å². The predicted octanol–water partition coefficient (Wildman–Crippen LogP) is 6.04. The molecule has 0 radical (unpaired) electrons. The third-order valence-electron chi connectivity index (χ3n) is 6.20. The van der Waals surface area contributed by atoms with Gasteiger partial charge in [-0.3, -0.25) is 4.79 Å². The summed E-state index contributed by atoms with van der Waals surface area (Å²) in [6.07, 6.45) is -0.0784. The molecule has 0 aliphatic carbocycles. The van der Waals surface area contributed by atoms with Crippen molar-refractivity contribution < 1.29 is 23.1 Å². The number of ether oxygens (including phenoxy) is 1. The first-order valence-corrected chi connectivity index (χ1v) is 13.1. The van der Waals surface area contributed by atoms with Gasteiger partial charge in [-0.15, -0.1) is 0 Å². The van der Waals surface area contributed by atoms with Gasteiger partial charge in [0.25, 0.3) is 0 Å². The van der Waals surface area contributed by atoms with Crippen LogP contribution in [0.15, 0.2) is 84.9 Å². The lowest BCUT2D eigenvalue weighted by molar-refractivity contribution is -0.137. The fourth-order valence-corrected chi connectivity index (χ4v) is 5.27. The highest BCUT2D eigenvalue weighted by Gasteiger charge is 2.23. The van der Waals surface area contributed by atoms with Crippen molar-refractivity contribution in [2.45, 2.75) is 25.9 Å². The first kappa shape index (κ1) is 26.3. The number of carbonyl (C=O) groups is 1. The largest absolute Gasteiger partial charge is 0.497 e. The second-order valence-electron chi connectivity index (χ2n) is 8.56. The van der Waals surface area contributed by atoms with E-state index in [4.69, 9.17) is 16.3 Å². The lowest BCUT2D eigenvalue weighted by atomic mass is 10.0. The average Bonchev–Trinajstić information content (AvgIpc) is 2.88. The summed E-state index contributed by atoms with van der Waals surface area (Å²) in [6.45, 7) is 2.24. The molecule has 1 atom stereocenters. The number of carboxylic acid groups (broad SMARTS) is 1. The number of benzene rings is 4. The minimum atomic E-state index is -3.01. The lowest BCUT2D eigenvalue weighted by Crippen LogP contribution is -2.34. The molecule has 0 unspecified atom stereocenters. The molecule has 9 heteroatoms. The molecule has 0 bridgehead atoms. The van der Waals surface area contributed by atoms with Crippen molar-refractivity contribution in [1.82, 2.24) is 0 Å². The topological polar surface area (TPSA) is 87.2 Å². The molecule has 0 aliphatic heterocycles. The van der Waals surface area contributed by atoms with Crippen molar-refractivity contribution in [3.05, 3.63) is 95.5 Å². The van der Waals surface area contributed by atoms with E-state index in [1.165, 1.54) is 4.31 Å². The fourth-order valence-electron chi connectivity index (χ4n) is 4.40. The molecular weight excluding hydrogens is 512 g/mol. The summed E-state index contributed by atoms with van der Waals surface area (Å²) >= 11 is 6.45. The van der Waals surface area contributed by atoms with E-state index in [-0.39, 0.29) is 12.5 Å². The normalized spacial score (nSPS) is 11.9. The molecule has 0 amide bonds. The molecule has 0 aliphatic rings. The van der Waals surface area contributed by atoms with Crippen LogP contribution in [0.25, 0.3) is 10.8 Å². The average molecular weight is 539 g/mol. The van der Waals surface area contributed by atoms with Crippen molar-refractivity contribution >= 4 is 56.3 Å². The Bertz CT molecular complexity index is 1480. The molecule has 4 aromatic carbocycles. The summed E-state index contributed by atoms with van der Waals surface area (Å²) in [7, 11) is -1.46. The number of methoxy groups -OCH3 is 1. The second kappa shape index (κ2) is 11.5. The molecule has 0 spiro atoms. The van der Waals surface area contributed by atoms with Gasteiger partial charge in [-0.1, -0.05) is 54.1 Å². The molecule has 37 heavy (non-hydrogen) atoms. The summed E-state index contributed by atoms with van der Waals surface area (Å²) in [4.78, 5) is 13.6. The zero-order chi connectivity index (χ0) is 26.5. The molecule has 1 N–H and O–H groups in total. The number of nitrogens with zero attached hydrogens (tertiary/aromatic N) is 2. The number of fused-ring (bicyclic) bond motifs is 1. The molecule has 192 valence electrons. The molecule has 0 saturated carbocycles. The molecule has 0 aromatic heterocycles. The maximum Gasteiger partial charge on any atom is 0.305 e. The van der Waals surface area contributed by atoms with Crippen LogP contribution in [0.2, 0.25) is 5.02 Å². The number of carboxylic acids is 1. The molecule has 0 fully saturated rings. The Morgan fingerprint density at radius 2 is 1.51 bits per heavy atom. The first-order chi connectivity index (χ1) is 17.8. The van der Waals surface area contributed by atoms with Gasteiger partial charge in [0, 0.05) is 34.1 Å². The fraction of sp³-hybridized carbons (Fsp3) is 0.179. The predicted molar refractivity (Wildman–Crippen MR) is 149 cm³/mol. The monoisotopic (exact) mass is 538 g/mol. The molecule has 4 rings (SSSR count). The Labute approximate surface area is 222 Å². The van der Waals surface area contributed by atoms with E-state index >= 15 is 0 Å². The Balaban J connectivity index is 1.87. The number of aliphatic carboxylic acids is 1. The van der Waals surface area contributed by atoms with Crippen LogP contribution in [0.4, 0.5) is 17.1 Å². The molecule has 7 nitrogen and oxygen atoms in total. The van der Waals surface area contributed by atoms with Crippen LogP contribution < -0.4 is 13.9 Å². The minimum absolute atomic E-state index is 0.0784. The van der Waals surface area contributed by atoms with Crippen LogP contribution in [0, 0.1) is 0 Å². The number of halogens is 1. The van der Waals surface area contributed by atoms with Gasteiger partial charge in [0.1, 0.15) is 5.75 Å². The number of thiol groups is 1. The van der Waals surface area contributed by atoms with E-state index in [9.17, 15) is 18.3 Å². The smallest absolute Gasteiger partial charge is 0.305 e. The first-order valence-electron chi connectivity index (χ1n) is 11.6. The summed E-state index contributed by atoms with van der Waals surface area (Å²) in [5.74, 6) is -0.292. The van der Waals surface area contributed by atoms with Crippen molar-refractivity contribution in [3.63, 3.8) is 0 Å². The van der Waals surface area contributed by atoms with Gasteiger partial charge in [0.15, 0.2) is 0 Å². The summed E-state index contributed by atoms with van der Waals surface area (Å²) in [5, 5.41) is 11.6. The molecule has 4 aromatic rings. The van der Waals surface area contributed by atoms with E-state index in [1.54, 1.807) is 43.5 Å². The summed E-state index contributed by atoms with van der Waals surface area (Å²) in [5.41, 5.74) is 2.60. The highest BCUT2D eigenvalue weighted by molar-refractivity contribution is 7.74. The van der Waals surface area contributed by atoms with Crippen LogP contribution in [-0.2, 0) is 22.2 Å². The van der Waals surface area contributed by atoms with Crippen molar-refractivity contribution in [1.29, 1.82) is 0 Å². The van der Waals surface area contributed by atoms with Crippen molar-refractivity contribution in [2.24, 2.45) is 0 Å². The number of anilines is 3. The zero-order valence-corrected chi connectivity index (χ0v) is 22.0. The Morgan fingerprint density at radius 3 is 2.11 bits per heavy atom. The Hall–Kier alpha value is -3.75. The highest BCUT2D eigenvalue weighted by atomic mass is 35.5. The number of hydrogen-bond acceptors (Lipinski definition) is 5. The van der Waals surface area contributed by atoms with Gasteiger partial charge in [-0.2, -0.15) is 0 Å². The van der Waals surface area contributed by atoms with Gasteiger partial charge in [0.2, 0.25) is 10.9 Å². The quantitative estimate of drug-likeness (QED) is 0.239. The van der Waals surface area contributed by atoms with E-state index in [1.807, 2.05) is 60.4 Å². The number of hydrogen-bond donors (Lipinski definition) is 2.